The van der Waals surface area contributed by atoms with Crippen LogP contribution in [0, 0.1) is 5.82 Å². The van der Waals surface area contributed by atoms with Gasteiger partial charge in [0.25, 0.3) is 0 Å². The Labute approximate surface area is 152 Å². The van der Waals surface area contributed by atoms with Crippen molar-refractivity contribution in [1.82, 2.24) is 5.32 Å². The lowest BCUT2D eigenvalue weighted by Crippen LogP contribution is -2.40. The van der Waals surface area contributed by atoms with Gasteiger partial charge < -0.3 is 14.8 Å². The number of carbonyl (C=O) groups excluding carboxylic acids is 2. The SMILES string of the molecule is CC1(C)OC(=O)C2=C1NC1=C(C(=O)COC1)C2c1ccc(F)c(Br)c1. The van der Waals surface area contributed by atoms with Crippen molar-refractivity contribution in [3.63, 3.8) is 0 Å². The Balaban J connectivity index is 1.95. The van der Waals surface area contributed by atoms with Crippen LogP contribution in [0.1, 0.15) is 25.3 Å². The third-order valence-electron chi connectivity index (χ3n) is 4.67. The predicted octanol–water partition coefficient (Wildman–Crippen LogP) is 2.72. The minimum absolute atomic E-state index is 0.0412. The Hall–Kier alpha value is -1.99. The van der Waals surface area contributed by atoms with Crippen LogP contribution in [0.5, 0.6) is 0 Å². The molecule has 5 nitrogen and oxygen atoms in total. The smallest absolute Gasteiger partial charge is 0.337 e. The first-order valence-electron chi connectivity index (χ1n) is 7.83. The van der Waals surface area contributed by atoms with E-state index in [0.717, 1.165) is 0 Å². The highest BCUT2D eigenvalue weighted by Crippen LogP contribution is 2.47. The number of Topliss-reactive ketones (excluding diaryl/α,β-unsaturated/α-hetero) is 1. The lowest BCUT2D eigenvalue weighted by atomic mass is 9.77. The molecule has 0 spiro atoms. The van der Waals surface area contributed by atoms with Gasteiger partial charge in [0.2, 0.25) is 0 Å². The minimum Gasteiger partial charge on any atom is -0.450 e. The van der Waals surface area contributed by atoms with E-state index in [1.54, 1.807) is 26.0 Å². The average molecular weight is 408 g/mol. The lowest BCUT2D eigenvalue weighted by molar-refractivity contribution is -0.144. The number of hydrogen-bond acceptors (Lipinski definition) is 5. The fraction of sp³-hybridized carbons (Fsp3) is 0.333. The molecule has 0 amide bonds. The molecule has 0 fully saturated rings. The number of nitrogens with one attached hydrogen (secondary N) is 1. The fourth-order valence-corrected chi connectivity index (χ4v) is 3.97. The number of hydrogen-bond donors (Lipinski definition) is 1. The number of ether oxygens (including phenoxy) is 2. The van der Waals surface area contributed by atoms with Crippen LogP contribution in [0.2, 0.25) is 0 Å². The summed E-state index contributed by atoms with van der Waals surface area (Å²) in [5.74, 6) is -1.67. The molecule has 0 bridgehead atoms. The molecule has 1 unspecified atom stereocenters. The summed E-state index contributed by atoms with van der Waals surface area (Å²) in [5.41, 5.74) is 1.96. The van der Waals surface area contributed by atoms with Crippen molar-refractivity contribution in [2.45, 2.75) is 25.4 Å². The molecule has 3 aliphatic rings. The van der Waals surface area contributed by atoms with Gasteiger partial charge in [-0.3, -0.25) is 4.79 Å². The number of rotatable bonds is 1. The lowest BCUT2D eigenvalue weighted by Gasteiger charge is -2.34. The van der Waals surface area contributed by atoms with Crippen LogP contribution >= 0.6 is 15.9 Å². The van der Waals surface area contributed by atoms with Crippen LogP contribution in [0.15, 0.2) is 45.2 Å². The minimum atomic E-state index is -0.832. The fourth-order valence-electron chi connectivity index (χ4n) is 3.57. The van der Waals surface area contributed by atoms with E-state index in [4.69, 9.17) is 9.47 Å². The number of dihydropyridines is 1. The average Bonchev–Trinajstić information content (AvgIpc) is 2.78. The summed E-state index contributed by atoms with van der Waals surface area (Å²) >= 11 is 3.18. The normalized spacial score (nSPS) is 24.7. The zero-order chi connectivity index (χ0) is 17.9. The van der Waals surface area contributed by atoms with Gasteiger partial charge in [0, 0.05) is 17.2 Å². The Kier molecular flexibility index (Phi) is 3.63. The van der Waals surface area contributed by atoms with Gasteiger partial charge in [-0.2, -0.15) is 0 Å². The second-order valence-electron chi connectivity index (χ2n) is 6.73. The van der Waals surface area contributed by atoms with Crippen molar-refractivity contribution in [2.75, 3.05) is 13.2 Å². The summed E-state index contributed by atoms with van der Waals surface area (Å²) in [4.78, 5) is 25.1. The van der Waals surface area contributed by atoms with Crippen molar-refractivity contribution in [2.24, 2.45) is 0 Å². The van der Waals surface area contributed by atoms with Crippen LogP contribution in [0.25, 0.3) is 0 Å². The molecular formula is C18H15BrFNO4. The second kappa shape index (κ2) is 5.51. The zero-order valence-electron chi connectivity index (χ0n) is 13.6. The predicted molar refractivity (Wildman–Crippen MR) is 90.0 cm³/mol. The largest absolute Gasteiger partial charge is 0.450 e. The first-order valence-corrected chi connectivity index (χ1v) is 8.63. The summed E-state index contributed by atoms with van der Waals surface area (Å²) in [6.45, 7) is 3.78. The van der Waals surface area contributed by atoms with E-state index in [9.17, 15) is 14.0 Å². The van der Waals surface area contributed by atoms with Crippen LogP contribution in [0.3, 0.4) is 0 Å². The Morgan fingerprint density at radius 1 is 1.24 bits per heavy atom. The van der Waals surface area contributed by atoms with Crippen LogP contribution in [0.4, 0.5) is 4.39 Å². The number of ketones is 1. The molecule has 0 radical (unpaired) electrons. The summed E-state index contributed by atoms with van der Waals surface area (Å²) in [7, 11) is 0. The van der Waals surface area contributed by atoms with E-state index in [2.05, 4.69) is 21.2 Å². The Morgan fingerprint density at radius 3 is 2.72 bits per heavy atom. The maximum absolute atomic E-state index is 13.7. The topological polar surface area (TPSA) is 64.6 Å². The van der Waals surface area contributed by atoms with E-state index in [1.165, 1.54) is 6.07 Å². The second-order valence-corrected chi connectivity index (χ2v) is 7.58. The number of cyclic esters (lactones) is 1. The summed E-state index contributed by atoms with van der Waals surface area (Å²) in [6, 6.07) is 4.51. The van der Waals surface area contributed by atoms with Gasteiger partial charge in [-0.25, -0.2) is 9.18 Å². The van der Waals surface area contributed by atoms with E-state index in [1.807, 2.05) is 0 Å². The van der Waals surface area contributed by atoms with Gasteiger partial charge in [-0.1, -0.05) is 6.07 Å². The summed E-state index contributed by atoms with van der Waals surface area (Å²) in [6.07, 6.45) is 0. The molecule has 1 atom stereocenters. The Morgan fingerprint density at radius 2 is 2.00 bits per heavy atom. The van der Waals surface area contributed by atoms with Crippen molar-refractivity contribution >= 4 is 27.7 Å². The molecular weight excluding hydrogens is 393 g/mol. The highest BCUT2D eigenvalue weighted by atomic mass is 79.9. The highest BCUT2D eigenvalue weighted by molar-refractivity contribution is 9.10. The van der Waals surface area contributed by atoms with Gasteiger partial charge in [0.15, 0.2) is 5.78 Å². The van der Waals surface area contributed by atoms with Crippen LogP contribution < -0.4 is 5.32 Å². The molecule has 1 aromatic rings. The molecule has 0 saturated carbocycles. The molecule has 1 N–H and O–H groups in total. The number of esters is 1. The van der Waals surface area contributed by atoms with Crippen molar-refractivity contribution in [3.8, 4) is 0 Å². The van der Waals surface area contributed by atoms with Crippen LogP contribution in [-0.2, 0) is 19.1 Å². The van der Waals surface area contributed by atoms with E-state index >= 15 is 0 Å². The van der Waals surface area contributed by atoms with Crippen molar-refractivity contribution in [3.05, 3.63) is 56.6 Å². The van der Waals surface area contributed by atoms with Gasteiger partial charge in [-0.05, 0) is 47.5 Å². The molecule has 4 rings (SSSR count). The molecule has 0 saturated heterocycles. The zero-order valence-corrected chi connectivity index (χ0v) is 15.2. The number of carbonyl (C=O) groups is 2. The van der Waals surface area contributed by atoms with Gasteiger partial charge in [-0.15, -0.1) is 0 Å². The maximum Gasteiger partial charge on any atom is 0.337 e. The van der Waals surface area contributed by atoms with E-state index < -0.39 is 23.3 Å². The first kappa shape index (κ1) is 16.5. The summed E-state index contributed by atoms with van der Waals surface area (Å²) < 4.78 is 24.8. The Bertz CT molecular complexity index is 887. The molecule has 3 heterocycles. The molecule has 0 aliphatic carbocycles. The van der Waals surface area contributed by atoms with E-state index in [-0.39, 0.29) is 23.5 Å². The first-order chi connectivity index (χ1) is 11.8. The van der Waals surface area contributed by atoms with Crippen molar-refractivity contribution < 1.29 is 23.5 Å². The number of benzene rings is 1. The molecule has 25 heavy (non-hydrogen) atoms. The van der Waals surface area contributed by atoms with Crippen molar-refractivity contribution in [1.29, 1.82) is 0 Å². The van der Waals surface area contributed by atoms with Gasteiger partial charge >= 0.3 is 5.97 Å². The molecule has 130 valence electrons. The highest BCUT2D eigenvalue weighted by Gasteiger charge is 2.49. The number of halogens is 2. The van der Waals surface area contributed by atoms with E-state index in [0.29, 0.717) is 28.1 Å². The van der Waals surface area contributed by atoms with Gasteiger partial charge in [0.1, 0.15) is 18.0 Å². The van der Waals surface area contributed by atoms with Crippen LogP contribution in [-0.4, -0.2) is 30.6 Å². The third kappa shape index (κ3) is 2.45. The molecule has 7 heteroatoms. The van der Waals surface area contributed by atoms with Gasteiger partial charge in [0.05, 0.1) is 22.3 Å². The molecule has 1 aromatic carbocycles. The molecule has 0 aromatic heterocycles. The quantitative estimate of drug-likeness (QED) is 0.725. The monoisotopic (exact) mass is 407 g/mol. The third-order valence-corrected chi connectivity index (χ3v) is 5.28. The standard InChI is InChI=1S/C18H15BrFNO4/c1-18(2)16-15(17(23)25-18)13(8-3-4-10(20)9(19)5-8)14-11(21-16)6-24-7-12(14)22/h3-5,13,21H,6-7H2,1-2H3. The molecule has 3 aliphatic heterocycles. The summed E-state index contributed by atoms with van der Waals surface area (Å²) in [5, 5.41) is 3.18. The maximum atomic E-state index is 13.7.